The van der Waals surface area contributed by atoms with Crippen molar-refractivity contribution in [2.75, 3.05) is 33.5 Å². The highest BCUT2D eigenvalue weighted by atomic mass is 16.6. The van der Waals surface area contributed by atoms with Gasteiger partial charge in [-0.3, -0.25) is 4.79 Å². The Morgan fingerprint density at radius 2 is 1.96 bits per heavy atom. The zero-order chi connectivity index (χ0) is 18.5. The second-order valence-corrected chi connectivity index (χ2v) is 5.13. The molecule has 138 valence electrons. The second-order valence-electron chi connectivity index (χ2n) is 5.13. The standard InChI is InChI=1S/C18H25NO6/c1-4-9-23-14(2)18(21)25-13-17(20)19-12-15-5-7-16(8-6-15)24-11-10-22-3/h4-8,14H,1,9-13H2,2-3H3,(H,19,20). The monoisotopic (exact) mass is 351 g/mol. The van der Waals surface area contributed by atoms with Crippen LogP contribution in [0.15, 0.2) is 36.9 Å². The van der Waals surface area contributed by atoms with Crippen molar-refractivity contribution in [3.05, 3.63) is 42.5 Å². The molecule has 1 rings (SSSR count). The normalized spacial score (nSPS) is 11.4. The lowest BCUT2D eigenvalue weighted by Crippen LogP contribution is -2.31. The number of carbonyl (C=O) groups is 2. The molecule has 0 spiro atoms. The van der Waals surface area contributed by atoms with E-state index in [0.29, 0.717) is 19.8 Å². The van der Waals surface area contributed by atoms with Gasteiger partial charge in [0, 0.05) is 13.7 Å². The van der Waals surface area contributed by atoms with Gasteiger partial charge in [-0.15, -0.1) is 6.58 Å². The number of methoxy groups -OCH3 is 1. The van der Waals surface area contributed by atoms with Crippen molar-refractivity contribution in [1.82, 2.24) is 5.32 Å². The van der Waals surface area contributed by atoms with Crippen LogP contribution in [0.25, 0.3) is 0 Å². The van der Waals surface area contributed by atoms with Crippen molar-refractivity contribution in [3.63, 3.8) is 0 Å². The van der Waals surface area contributed by atoms with E-state index in [4.69, 9.17) is 18.9 Å². The topological polar surface area (TPSA) is 83.1 Å². The quantitative estimate of drug-likeness (QED) is 0.349. The van der Waals surface area contributed by atoms with Gasteiger partial charge in [-0.05, 0) is 24.6 Å². The Morgan fingerprint density at radius 3 is 2.60 bits per heavy atom. The molecule has 0 aliphatic rings. The molecule has 0 heterocycles. The van der Waals surface area contributed by atoms with E-state index >= 15 is 0 Å². The van der Waals surface area contributed by atoms with Crippen LogP contribution in [0.4, 0.5) is 0 Å². The molecule has 7 nitrogen and oxygen atoms in total. The molecule has 25 heavy (non-hydrogen) atoms. The van der Waals surface area contributed by atoms with Gasteiger partial charge in [0.1, 0.15) is 12.4 Å². The number of carbonyl (C=O) groups excluding carboxylic acids is 2. The van der Waals surface area contributed by atoms with Crippen LogP contribution in [0.2, 0.25) is 0 Å². The third-order valence-corrected chi connectivity index (χ3v) is 3.11. The number of nitrogens with one attached hydrogen (secondary N) is 1. The van der Waals surface area contributed by atoms with Crippen LogP contribution >= 0.6 is 0 Å². The smallest absolute Gasteiger partial charge is 0.335 e. The fourth-order valence-corrected chi connectivity index (χ4v) is 1.73. The largest absolute Gasteiger partial charge is 0.491 e. The average molecular weight is 351 g/mol. The minimum absolute atomic E-state index is 0.244. The van der Waals surface area contributed by atoms with Gasteiger partial charge in [0.25, 0.3) is 5.91 Å². The highest BCUT2D eigenvalue weighted by molar-refractivity contribution is 5.81. The van der Waals surface area contributed by atoms with Gasteiger partial charge in [-0.25, -0.2) is 4.79 Å². The molecule has 0 saturated carbocycles. The van der Waals surface area contributed by atoms with E-state index in [9.17, 15) is 9.59 Å². The molecule has 1 unspecified atom stereocenters. The van der Waals surface area contributed by atoms with Crippen molar-refractivity contribution in [3.8, 4) is 5.75 Å². The number of esters is 1. The summed E-state index contributed by atoms with van der Waals surface area (Å²) in [6, 6.07) is 7.32. The van der Waals surface area contributed by atoms with Gasteiger partial charge < -0.3 is 24.3 Å². The Hall–Kier alpha value is -2.38. The number of hydrogen-bond acceptors (Lipinski definition) is 6. The highest BCUT2D eigenvalue weighted by Crippen LogP contribution is 2.11. The van der Waals surface area contributed by atoms with E-state index < -0.39 is 12.1 Å². The summed E-state index contributed by atoms with van der Waals surface area (Å²) in [4.78, 5) is 23.3. The molecule has 0 aliphatic heterocycles. The highest BCUT2D eigenvalue weighted by Gasteiger charge is 2.15. The SMILES string of the molecule is C=CCOC(C)C(=O)OCC(=O)NCc1ccc(OCCOC)cc1. The minimum atomic E-state index is -0.739. The third-order valence-electron chi connectivity index (χ3n) is 3.11. The average Bonchev–Trinajstić information content (AvgIpc) is 2.63. The predicted octanol–water partition coefficient (Wildman–Crippen LogP) is 1.46. The maximum atomic E-state index is 11.7. The molecular formula is C18H25NO6. The fourth-order valence-electron chi connectivity index (χ4n) is 1.73. The molecule has 0 saturated heterocycles. The van der Waals surface area contributed by atoms with Crippen molar-refractivity contribution >= 4 is 11.9 Å². The lowest BCUT2D eigenvalue weighted by molar-refractivity contribution is -0.158. The van der Waals surface area contributed by atoms with Crippen LogP contribution in [0.1, 0.15) is 12.5 Å². The van der Waals surface area contributed by atoms with Crippen molar-refractivity contribution in [1.29, 1.82) is 0 Å². The van der Waals surface area contributed by atoms with E-state index in [1.807, 2.05) is 24.3 Å². The zero-order valence-corrected chi connectivity index (χ0v) is 14.7. The molecule has 0 aromatic heterocycles. The summed E-state index contributed by atoms with van der Waals surface area (Å²) < 4.78 is 20.4. The van der Waals surface area contributed by atoms with Crippen LogP contribution < -0.4 is 10.1 Å². The van der Waals surface area contributed by atoms with Gasteiger partial charge >= 0.3 is 5.97 Å². The molecular weight excluding hydrogens is 326 g/mol. The van der Waals surface area contributed by atoms with Gasteiger partial charge in [0.15, 0.2) is 12.7 Å². The van der Waals surface area contributed by atoms with Crippen LogP contribution in [-0.2, 0) is 30.3 Å². The van der Waals surface area contributed by atoms with E-state index in [-0.39, 0.29) is 19.1 Å². The summed E-state index contributed by atoms with van der Waals surface area (Å²) >= 11 is 0. The Bertz CT molecular complexity index is 543. The van der Waals surface area contributed by atoms with Gasteiger partial charge in [-0.2, -0.15) is 0 Å². The van der Waals surface area contributed by atoms with E-state index in [1.165, 1.54) is 6.08 Å². The number of benzene rings is 1. The molecule has 1 aromatic rings. The summed E-state index contributed by atoms with van der Waals surface area (Å²) in [5.41, 5.74) is 0.904. The summed E-state index contributed by atoms with van der Waals surface area (Å²) in [7, 11) is 1.61. The molecule has 7 heteroatoms. The van der Waals surface area contributed by atoms with Crippen molar-refractivity contribution in [2.45, 2.75) is 19.6 Å². The van der Waals surface area contributed by atoms with Gasteiger partial charge in [0.2, 0.25) is 0 Å². The number of hydrogen-bond donors (Lipinski definition) is 1. The molecule has 1 N–H and O–H groups in total. The first-order valence-corrected chi connectivity index (χ1v) is 7.93. The van der Waals surface area contributed by atoms with Crippen LogP contribution in [0.3, 0.4) is 0 Å². The summed E-state index contributed by atoms with van der Waals surface area (Å²) in [5, 5.41) is 2.67. The zero-order valence-electron chi connectivity index (χ0n) is 14.7. The Morgan fingerprint density at radius 1 is 1.24 bits per heavy atom. The third kappa shape index (κ3) is 8.88. The van der Waals surface area contributed by atoms with Gasteiger partial charge in [0.05, 0.1) is 13.2 Å². The lowest BCUT2D eigenvalue weighted by Gasteiger charge is -2.11. The lowest BCUT2D eigenvalue weighted by atomic mass is 10.2. The molecule has 0 bridgehead atoms. The first-order chi connectivity index (χ1) is 12.1. The Balaban J connectivity index is 2.27. The van der Waals surface area contributed by atoms with Crippen molar-refractivity contribution < 1.29 is 28.5 Å². The first-order valence-electron chi connectivity index (χ1n) is 7.93. The molecule has 1 aromatic carbocycles. The fraction of sp³-hybridized carbons (Fsp3) is 0.444. The first kappa shape index (κ1) is 20.7. The van der Waals surface area contributed by atoms with E-state index in [0.717, 1.165) is 11.3 Å². The number of ether oxygens (including phenoxy) is 4. The Labute approximate surface area is 147 Å². The van der Waals surface area contributed by atoms with Crippen LogP contribution in [0, 0.1) is 0 Å². The predicted molar refractivity (Wildman–Crippen MR) is 92.2 cm³/mol. The van der Waals surface area contributed by atoms with Crippen molar-refractivity contribution in [2.24, 2.45) is 0 Å². The molecule has 0 aliphatic carbocycles. The van der Waals surface area contributed by atoms with E-state index in [2.05, 4.69) is 11.9 Å². The number of amides is 1. The molecule has 1 atom stereocenters. The molecule has 0 radical (unpaired) electrons. The summed E-state index contributed by atoms with van der Waals surface area (Å²) in [5.74, 6) is -0.242. The second kappa shape index (κ2) is 12.0. The summed E-state index contributed by atoms with van der Waals surface area (Å²) in [6.07, 6.45) is 0.793. The maximum absolute atomic E-state index is 11.7. The Kier molecular flexibility index (Phi) is 9.96. The van der Waals surface area contributed by atoms with Crippen LogP contribution in [-0.4, -0.2) is 51.5 Å². The molecule has 0 fully saturated rings. The summed E-state index contributed by atoms with van der Waals surface area (Å²) in [6.45, 7) is 6.27. The number of rotatable bonds is 12. The maximum Gasteiger partial charge on any atom is 0.335 e. The molecule has 1 amide bonds. The van der Waals surface area contributed by atoms with Gasteiger partial charge in [-0.1, -0.05) is 18.2 Å². The minimum Gasteiger partial charge on any atom is -0.491 e. The van der Waals surface area contributed by atoms with E-state index in [1.54, 1.807) is 14.0 Å². The van der Waals surface area contributed by atoms with Crippen LogP contribution in [0.5, 0.6) is 5.75 Å².